The Kier molecular flexibility index (Phi) is 5.32. The highest BCUT2D eigenvalue weighted by molar-refractivity contribution is 5.91. The monoisotopic (exact) mass is 397 g/mol. The largest absolute Gasteiger partial charge is 0.465 e. The van der Waals surface area contributed by atoms with E-state index >= 15 is 0 Å². The molecule has 1 N–H and O–H groups in total. The first kappa shape index (κ1) is 19.7. The first-order valence-electron chi connectivity index (χ1n) is 8.11. The maximum Gasteiger partial charge on any atom is 0.416 e. The molecule has 0 radical (unpaired) electrons. The lowest BCUT2D eigenvalue weighted by atomic mass is 10.0. The molecule has 3 rings (SSSR count). The van der Waals surface area contributed by atoms with Crippen LogP contribution in [0, 0.1) is 5.82 Å². The molecule has 0 fully saturated rings. The summed E-state index contributed by atoms with van der Waals surface area (Å²) >= 11 is 0. The third kappa shape index (κ3) is 3.96. The Bertz CT molecular complexity index is 1020. The van der Waals surface area contributed by atoms with Crippen LogP contribution in [0.5, 0.6) is 0 Å². The molecule has 0 saturated carbocycles. The third-order valence-electron chi connectivity index (χ3n) is 4.18. The van der Waals surface area contributed by atoms with Crippen LogP contribution in [0.4, 0.5) is 17.6 Å². The van der Waals surface area contributed by atoms with Gasteiger partial charge in [-0.2, -0.15) is 18.3 Å². The lowest BCUT2D eigenvalue weighted by Crippen LogP contribution is -2.33. The van der Waals surface area contributed by atoms with Crippen molar-refractivity contribution in [3.8, 4) is 0 Å². The number of alkyl halides is 3. The highest BCUT2D eigenvalue weighted by atomic mass is 19.4. The first-order chi connectivity index (χ1) is 13.2. The summed E-state index contributed by atoms with van der Waals surface area (Å²) < 4.78 is 57.6. The van der Waals surface area contributed by atoms with Gasteiger partial charge in [-0.15, -0.1) is 0 Å². The van der Waals surface area contributed by atoms with Gasteiger partial charge in [-0.1, -0.05) is 0 Å². The van der Waals surface area contributed by atoms with Crippen LogP contribution in [0.3, 0.4) is 0 Å². The summed E-state index contributed by atoms with van der Waals surface area (Å²) in [5, 5.41) is 13.8. The average Bonchev–Trinajstić information content (AvgIpc) is 2.97. The van der Waals surface area contributed by atoms with E-state index in [-0.39, 0.29) is 28.6 Å². The number of fused-ring (bicyclic) bond motifs is 1. The van der Waals surface area contributed by atoms with Crippen LogP contribution in [0.2, 0.25) is 0 Å². The lowest BCUT2D eigenvalue weighted by molar-refractivity contribution is -0.207. The number of carbonyl (C=O) groups is 1. The number of benzene rings is 1. The summed E-state index contributed by atoms with van der Waals surface area (Å²) in [7, 11) is 1.21. The summed E-state index contributed by atoms with van der Waals surface area (Å²) in [6.45, 7) is -0.845. The van der Waals surface area contributed by atoms with E-state index in [4.69, 9.17) is 4.74 Å². The fourth-order valence-corrected chi connectivity index (χ4v) is 2.81. The molecule has 148 valence electrons. The van der Waals surface area contributed by atoms with Gasteiger partial charge >= 0.3 is 12.1 Å². The van der Waals surface area contributed by atoms with Gasteiger partial charge in [0, 0.05) is 24.2 Å². The fourth-order valence-electron chi connectivity index (χ4n) is 2.81. The summed E-state index contributed by atoms with van der Waals surface area (Å²) in [6.07, 6.45) is -4.64. The molecule has 2 heterocycles. The fraction of sp³-hybridized carbons (Fsp3) is 0.278. The summed E-state index contributed by atoms with van der Waals surface area (Å²) in [5.74, 6) is -1.20. The van der Waals surface area contributed by atoms with Crippen LogP contribution in [-0.4, -0.2) is 45.2 Å². The number of ether oxygens (including phenoxy) is 1. The molecule has 0 spiro atoms. The standard InChI is InChI=1S/C18H15F4N3O3/c1-28-17(27)12-4-5-23-8-10(12)6-14-13-7-11(19)2-3-15(13)25(24-14)9-16(26)18(20,21)22/h2-5,7-8,16,26H,6,9H2,1H3. The lowest BCUT2D eigenvalue weighted by Gasteiger charge is -2.14. The van der Waals surface area contributed by atoms with E-state index in [1.807, 2.05) is 0 Å². The van der Waals surface area contributed by atoms with Gasteiger partial charge in [0.25, 0.3) is 0 Å². The number of nitrogens with zero attached hydrogens (tertiary/aromatic N) is 3. The highest BCUT2D eigenvalue weighted by Crippen LogP contribution is 2.26. The Morgan fingerprint density at radius 3 is 2.75 bits per heavy atom. The highest BCUT2D eigenvalue weighted by Gasteiger charge is 2.39. The van der Waals surface area contributed by atoms with Crippen LogP contribution in [0.15, 0.2) is 36.7 Å². The van der Waals surface area contributed by atoms with Gasteiger partial charge in [-0.25, -0.2) is 9.18 Å². The molecule has 1 atom stereocenters. The SMILES string of the molecule is COC(=O)c1ccncc1Cc1nn(CC(O)C(F)(F)F)c2ccc(F)cc12. The number of hydrogen-bond donors (Lipinski definition) is 1. The molecule has 1 aromatic carbocycles. The number of aliphatic hydroxyl groups excluding tert-OH is 1. The summed E-state index contributed by atoms with van der Waals surface area (Å²) in [4.78, 5) is 15.8. The van der Waals surface area contributed by atoms with Crippen molar-refractivity contribution in [3.63, 3.8) is 0 Å². The smallest absolute Gasteiger partial charge is 0.416 e. The number of halogens is 4. The molecule has 2 aromatic heterocycles. The summed E-state index contributed by atoms with van der Waals surface area (Å²) in [5.41, 5.74) is 1.10. The Hall–Kier alpha value is -3.01. The van der Waals surface area contributed by atoms with Crippen LogP contribution < -0.4 is 0 Å². The predicted octanol–water partition coefficient (Wildman–Crippen LogP) is 2.87. The van der Waals surface area contributed by atoms with Crippen molar-refractivity contribution in [2.75, 3.05) is 7.11 Å². The number of aliphatic hydroxyl groups is 1. The molecule has 0 amide bonds. The number of carbonyl (C=O) groups excluding carboxylic acids is 1. The maximum atomic E-state index is 13.7. The number of pyridine rings is 1. The van der Waals surface area contributed by atoms with E-state index in [9.17, 15) is 27.5 Å². The van der Waals surface area contributed by atoms with Crippen LogP contribution >= 0.6 is 0 Å². The van der Waals surface area contributed by atoms with E-state index < -0.39 is 30.6 Å². The van der Waals surface area contributed by atoms with E-state index in [2.05, 4.69) is 10.1 Å². The maximum absolute atomic E-state index is 13.7. The molecular weight excluding hydrogens is 382 g/mol. The van der Waals surface area contributed by atoms with E-state index in [0.717, 1.165) is 16.8 Å². The van der Waals surface area contributed by atoms with Crippen LogP contribution in [0.1, 0.15) is 21.6 Å². The number of esters is 1. The van der Waals surface area contributed by atoms with Gasteiger partial charge in [0.2, 0.25) is 0 Å². The minimum atomic E-state index is -4.82. The quantitative estimate of drug-likeness (QED) is 0.529. The van der Waals surface area contributed by atoms with Crippen molar-refractivity contribution in [1.82, 2.24) is 14.8 Å². The van der Waals surface area contributed by atoms with Crippen molar-refractivity contribution in [2.24, 2.45) is 0 Å². The number of methoxy groups -OCH3 is 1. The second-order valence-electron chi connectivity index (χ2n) is 6.05. The molecule has 0 aliphatic rings. The van der Waals surface area contributed by atoms with Crippen molar-refractivity contribution in [1.29, 1.82) is 0 Å². The Morgan fingerprint density at radius 2 is 2.07 bits per heavy atom. The summed E-state index contributed by atoms with van der Waals surface area (Å²) in [6, 6.07) is 4.96. The Morgan fingerprint density at radius 1 is 1.32 bits per heavy atom. The second kappa shape index (κ2) is 7.55. The van der Waals surface area contributed by atoms with E-state index in [1.165, 1.54) is 31.6 Å². The minimum Gasteiger partial charge on any atom is -0.465 e. The van der Waals surface area contributed by atoms with Gasteiger partial charge in [-0.3, -0.25) is 9.67 Å². The van der Waals surface area contributed by atoms with Gasteiger partial charge in [-0.05, 0) is 29.8 Å². The molecule has 0 saturated heterocycles. The van der Waals surface area contributed by atoms with E-state index in [1.54, 1.807) is 0 Å². The third-order valence-corrected chi connectivity index (χ3v) is 4.18. The molecule has 0 bridgehead atoms. The molecule has 1 unspecified atom stereocenters. The van der Waals surface area contributed by atoms with Crippen molar-refractivity contribution in [2.45, 2.75) is 25.2 Å². The van der Waals surface area contributed by atoms with Gasteiger partial charge in [0.05, 0.1) is 30.4 Å². The normalized spacial score (nSPS) is 12.9. The molecule has 0 aliphatic carbocycles. The Labute approximate surface area is 156 Å². The number of aromatic nitrogens is 3. The minimum absolute atomic E-state index is 0.00728. The second-order valence-corrected chi connectivity index (χ2v) is 6.05. The van der Waals surface area contributed by atoms with Crippen molar-refractivity contribution in [3.05, 3.63) is 59.3 Å². The zero-order valence-corrected chi connectivity index (χ0v) is 14.6. The van der Waals surface area contributed by atoms with Gasteiger partial charge < -0.3 is 9.84 Å². The average molecular weight is 397 g/mol. The zero-order chi connectivity index (χ0) is 20.5. The Balaban J connectivity index is 2.05. The van der Waals surface area contributed by atoms with Crippen LogP contribution in [-0.2, 0) is 17.7 Å². The molecule has 6 nitrogen and oxygen atoms in total. The van der Waals surface area contributed by atoms with E-state index in [0.29, 0.717) is 5.56 Å². The molecule has 3 aromatic rings. The topological polar surface area (TPSA) is 77.2 Å². The number of hydrogen-bond acceptors (Lipinski definition) is 5. The molecule has 10 heteroatoms. The van der Waals surface area contributed by atoms with Crippen LogP contribution in [0.25, 0.3) is 10.9 Å². The molecule has 28 heavy (non-hydrogen) atoms. The number of rotatable bonds is 5. The zero-order valence-electron chi connectivity index (χ0n) is 14.6. The van der Waals surface area contributed by atoms with Crippen molar-refractivity contribution >= 4 is 16.9 Å². The van der Waals surface area contributed by atoms with Gasteiger partial charge in [0.15, 0.2) is 6.10 Å². The van der Waals surface area contributed by atoms with Gasteiger partial charge in [0.1, 0.15) is 5.82 Å². The predicted molar refractivity (Wildman–Crippen MR) is 90.1 cm³/mol. The van der Waals surface area contributed by atoms with Crippen molar-refractivity contribution < 1.29 is 32.2 Å². The first-order valence-corrected chi connectivity index (χ1v) is 8.11. The molecular formula is C18H15F4N3O3. The molecule has 0 aliphatic heterocycles.